The Kier molecular flexibility index (Phi) is 4.37. The molecule has 0 bridgehead atoms. The predicted molar refractivity (Wildman–Crippen MR) is 84.1 cm³/mol. The van der Waals surface area contributed by atoms with Crippen LogP contribution >= 0.6 is 0 Å². The smallest absolute Gasteiger partial charge is 0.270 e. The van der Waals surface area contributed by atoms with Gasteiger partial charge in [-0.2, -0.15) is 0 Å². The summed E-state index contributed by atoms with van der Waals surface area (Å²) < 4.78 is 0. The zero-order valence-corrected chi connectivity index (χ0v) is 13.2. The Labute approximate surface area is 138 Å². The standard InChI is InChI=1S/C16H19N3O5/c20-14-3-1-5-17(14)9-11-7-13(19(23)24)8-12(16(11)22)10-18-6-2-4-15(18)21/h7-8,22H,1-6,9-10H2. The summed E-state index contributed by atoms with van der Waals surface area (Å²) in [6, 6.07) is 2.60. The van der Waals surface area contributed by atoms with E-state index in [4.69, 9.17) is 0 Å². The van der Waals surface area contributed by atoms with E-state index in [2.05, 4.69) is 0 Å². The lowest BCUT2D eigenvalue weighted by molar-refractivity contribution is -0.385. The third-order valence-electron chi connectivity index (χ3n) is 4.53. The van der Waals surface area contributed by atoms with E-state index < -0.39 is 4.92 Å². The normalized spacial score (nSPS) is 17.8. The van der Waals surface area contributed by atoms with Crippen molar-refractivity contribution < 1.29 is 19.6 Å². The molecular formula is C16H19N3O5. The van der Waals surface area contributed by atoms with Gasteiger partial charge in [0.15, 0.2) is 0 Å². The van der Waals surface area contributed by atoms with Crippen LogP contribution in [0.5, 0.6) is 5.75 Å². The van der Waals surface area contributed by atoms with Crippen LogP contribution in [0.4, 0.5) is 5.69 Å². The van der Waals surface area contributed by atoms with Crippen LogP contribution in [0.2, 0.25) is 0 Å². The zero-order chi connectivity index (χ0) is 17.3. The van der Waals surface area contributed by atoms with E-state index in [0.717, 1.165) is 12.8 Å². The van der Waals surface area contributed by atoms with E-state index in [1.165, 1.54) is 12.1 Å². The molecular weight excluding hydrogens is 314 g/mol. The molecule has 3 rings (SSSR count). The highest BCUT2D eigenvalue weighted by Gasteiger charge is 2.26. The number of non-ortho nitro benzene ring substituents is 1. The lowest BCUT2D eigenvalue weighted by atomic mass is 10.1. The van der Waals surface area contributed by atoms with Crippen LogP contribution in [0, 0.1) is 10.1 Å². The molecule has 0 aliphatic carbocycles. The highest BCUT2D eigenvalue weighted by molar-refractivity contribution is 5.79. The molecule has 2 heterocycles. The Bertz CT molecular complexity index is 654. The number of phenolic OH excluding ortho intramolecular Hbond substituents is 1. The van der Waals surface area contributed by atoms with Crippen molar-refractivity contribution in [1.29, 1.82) is 0 Å². The van der Waals surface area contributed by atoms with Crippen LogP contribution in [0.3, 0.4) is 0 Å². The molecule has 1 aromatic rings. The molecule has 2 amide bonds. The summed E-state index contributed by atoms with van der Waals surface area (Å²) in [6.45, 7) is 1.46. The minimum atomic E-state index is -0.524. The summed E-state index contributed by atoms with van der Waals surface area (Å²) in [5, 5.41) is 21.7. The molecule has 0 aromatic heterocycles. The summed E-state index contributed by atoms with van der Waals surface area (Å²) in [5.41, 5.74) is 0.554. The van der Waals surface area contributed by atoms with Crippen LogP contribution in [-0.4, -0.2) is 44.7 Å². The van der Waals surface area contributed by atoms with Crippen LogP contribution < -0.4 is 0 Å². The largest absolute Gasteiger partial charge is 0.507 e. The Hall–Kier alpha value is -2.64. The maximum absolute atomic E-state index is 11.8. The Morgan fingerprint density at radius 1 is 1.00 bits per heavy atom. The third kappa shape index (κ3) is 3.17. The second kappa shape index (κ2) is 6.46. The second-order valence-electron chi connectivity index (χ2n) is 6.21. The minimum absolute atomic E-state index is 0.0165. The van der Waals surface area contributed by atoms with Gasteiger partial charge in [0.05, 0.1) is 4.92 Å². The van der Waals surface area contributed by atoms with E-state index >= 15 is 0 Å². The summed E-state index contributed by atoms with van der Waals surface area (Å²) >= 11 is 0. The van der Waals surface area contributed by atoms with Gasteiger partial charge >= 0.3 is 0 Å². The molecule has 1 aromatic carbocycles. The summed E-state index contributed by atoms with van der Waals surface area (Å²) in [5.74, 6) is -0.102. The number of benzene rings is 1. The molecule has 0 radical (unpaired) electrons. The predicted octanol–water partition coefficient (Wildman–Crippen LogP) is 1.55. The van der Waals surface area contributed by atoms with Crippen molar-refractivity contribution in [1.82, 2.24) is 9.80 Å². The van der Waals surface area contributed by atoms with Crippen LogP contribution in [-0.2, 0) is 22.7 Å². The number of rotatable bonds is 5. The molecule has 2 aliphatic heterocycles. The van der Waals surface area contributed by atoms with Crippen molar-refractivity contribution in [3.05, 3.63) is 33.4 Å². The first-order chi connectivity index (χ1) is 11.5. The molecule has 0 unspecified atom stereocenters. The van der Waals surface area contributed by atoms with E-state index in [9.17, 15) is 24.8 Å². The zero-order valence-electron chi connectivity index (χ0n) is 13.2. The van der Waals surface area contributed by atoms with Gasteiger partial charge in [-0.3, -0.25) is 19.7 Å². The van der Waals surface area contributed by atoms with E-state index in [-0.39, 0.29) is 36.3 Å². The van der Waals surface area contributed by atoms with Crippen molar-refractivity contribution in [2.75, 3.05) is 13.1 Å². The van der Waals surface area contributed by atoms with Gasteiger partial charge in [-0.25, -0.2) is 0 Å². The maximum atomic E-state index is 11.8. The molecule has 0 atom stereocenters. The maximum Gasteiger partial charge on any atom is 0.270 e. The Balaban J connectivity index is 1.90. The number of aromatic hydroxyl groups is 1. The van der Waals surface area contributed by atoms with Gasteiger partial charge in [-0.1, -0.05) is 0 Å². The number of nitro groups is 1. The molecule has 2 fully saturated rings. The number of phenols is 1. The number of carbonyl (C=O) groups excluding carboxylic acids is 2. The number of amides is 2. The molecule has 2 aliphatic rings. The number of nitrogens with zero attached hydrogens (tertiary/aromatic N) is 3. The van der Waals surface area contributed by atoms with Crippen molar-refractivity contribution in [3.8, 4) is 5.75 Å². The molecule has 0 spiro atoms. The Morgan fingerprint density at radius 2 is 1.46 bits per heavy atom. The molecule has 0 saturated carbocycles. The number of hydrogen-bond donors (Lipinski definition) is 1. The number of nitro benzene ring substituents is 1. The first-order valence-corrected chi connectivity index (χ1v) is 8.00. The van der Waals surface area contributed by atoms with E-state index in [1.807, 2.05) is 0 Å². The fourth-order valence-corrected chi connectivity index (χ4v) is 3.24. The summed E-state index contributed by atoms with van der Waals surface area (Å²) in [6.07, 6.45) is 2.43. The van der Waals surface area contributed by atoms with Gasteiger partial charge in [-0.15, -0.1) is 0 Å². The van der Waals surface area contributed by atoms with Gasteiger partial charge in [0.25, 0.3) is 5.69 Å². The lowest BCUT2D eigenvalue weighted by Crippen LogP contribution is -2.25. The summed E-state index contributed by atoms with van der Waals surface area (Å²) in [7, 11) is 0. The SMILES string of the molecule is O=C1CCCN1Cc1cc([N+](=O)[O-])cc(CN2CCCC2=O)c1O. The average molecular weight is 333 g/mol. The fraction of sp³-hybridized carbons (Fsp3) is 0.500. The molecule has 128 valence electrons. The Morgan fingerprint density at radius 3 is 1.79 bits per heavy atom. The average Bonchev–Trinajstić information content (AvgIpc) is 3.12. The highest BCUT2D eigenvalue weighted by Crippen LogP contribution is 2.32. The van der Waals surface area contributed by atoms with E-state index in [1.54, 1.807) is 9.80 Å². The quantitative estimate of drug-likeness (QED) is 0.650. The summed E-state index contributed by atoms with van der Waals surface area (Å²) in [4.78, 5) is 37.4. The molecule has 8 heteroatoms. The highest BCUT2D eigenvalue weighted by atomic mass is 16.6. The second-order valence-corrected chi connectivity index (χ2v) is 6.21. The van der Waals surface area contributed by atoms with Gasteiger partial charge in [0.1, 0.15) is 5.75 Å². The number of carbonyl (C=O) groups is 2. The van der Waals surface area contributed by atoms with Crippen molar-refractivity contribution in [2.45, 2.75) is 38.8 Å². The van der Waals surface area contributed by atoms with Gasteiger partial charge < -0.3 is 14.9 Å². The van der Waals surface area contributed by atoms with Crippen molar-refractivity contribution >= 4 is 17.5 Å². The third-order valence-corrected chi connectivity index (χ3v) is 4.53. The molecule has 2 saturated heterocycles. The minimum Gasteiger partial charge on any atom is -0.507 e. The van der Waals surface area contributed by atoms with Crippen molar-refractivity contribution in [3.63, 3.8) is 0 Å². The van der Waals surface area contributed by atoms with E-state index in [0.29, 0.717) is 37.1 Å². The fourth-order valence-electron chi connectivity index (χ4n) is 3.24. The first-order valence-electron chi connectivity index (χ1n) is 8.00. The first kappa shape index (κ1) is 16.2. The topological polar surface area (TPSA) is 104 Å². The van der Waals surface area contributed by atoms with Crippen LogP contribution in [0.15, 0.2) is 12.1 Å². The molecule has 8 nitrogen and oxygen atoms in total. The number of hydrogen-bond acceptors (Lipinski definition) is 5. The van der Waals surface area contributed by atoms with Crippen molar-refractivity contribution in [2.24, 2.45) is 0 Å². The lowest BCUT2D eigenvalue weighted by Gasteiger charge is -2.20. The van der Waals surface area contributed by atoms with Gasteiger partial charge in [0.2, 0.25) is 11.8 Å². The monoisotopic (exact) mass is 333 g/mol. The van der Waals surface area contributed by atoms with Crippen LogP contribution in [0.25, 0.3) is 0 Å². The number of likely N-dealkylation sites (tertiary alicyclic amines) is 2. The molecule has 24 heavy (non-hydrogen) atoms. The van der Waals surface area contributed by atoms with Gasteiger partial charge in [-0.05, 0) is 12.8 Å². The van der Waals surface area contributed by atoms with Gasteiger partial charge in [0, 0.05) is 62.3 Å². The van der Waals surface area contributed by atoms with Crippen LogP contribution in [0.1, 0.15) is 36.8 Å². The molecule has 1 N–H and O–H groups in total.